The van der Waals surface area contributed by atoms with E-state index in [1.54, 1.807) is 6.07 Å². The number of carbonyl (C=O) groups is 2. The van der Waals surface area contributed by atoms with Gasteiger partial charge in [-0.2, -0.15) is 0 Å². The van der Waals surface area contributed by atoms with E-state index < -0.39 is 5.97 Å². The Hall–Kier alpha value is -3.12. The van der Waals surface area contributed by atoms with Gasteiger partial charge in [-0.05, 0) is 44.1 Å². The summed E-state index contributed by atoms with van der Waals surface area (Å²) in [5.41, 5.74) is 2.37. The topological polar surface area (TPSA) is 80.0 Å². The van der Waals surface area contributed by atoms with Gasteiger partial charge in [-0.1, -0.05) is 30.3 Å². The van der Waals surface area contributed by atoms with Crippen molar-refractivity contribution in [1.29, 1.82) is 0 Å². The summed E-state index contributed by atoms with van der Waals surface area (Å²) in [6, 6.07) is 15.1. The Labute approximate surface area is 174 Å². The number of aliphatic carboxylic acids is 1. The van der Waals surface area contributed by atoms with Crippen molar-refractivity contribution in [2.45, 2.75) is 24.7 Å². The molecule has 1 aromatic heterocycles. The number of ether oxygens (including phenoxy) is 1. The zero-order valence-corrected chi connectivity index (χ0v) is 16.6. The molecule has 2 aromatic carbocycles. The number of fused-ring (bicyclic) bond motifs is 3. The van der Waals surface area contributed by atoms with Crippen molar-refractivity contribution in [2.24, 2.45) is 0 Å². The Morgan fingerprint density at radius 2 is 1.87 bits per heavy atom. The summed E-state index contributed by atoms with van der Waals surface area (Å²) in [5.74, 6) is 0.195. The van der Waals surface area contributed by atoms with Gasteiger partial charge in [0.25, 0.3) is 0 Å². The van der Waals surface area contributed by atoms with Gasteiger partial charge in [0.1, 0.15) is 11.3 Å². The predicted octanol–water partition coefficient (Wildman–Crippen LogP) is 3.86. The van der Waals surface area contributed by atoms with Gasteiger partial charge in [-0.3, -0.25) is 9.59 Å². The lowest BCUT2D eigenvalue weighted by atomic mass is 9.74. The number of carboxylic acid groups (broad SMARTS) is 1. The van der Waals surface area contributed by atoms with E-state index in [-0.39, 0.29) is 17.6 Å². The fourth-order valence-electron chi connectivity index (χ4n) is 4.62. The van der Waals surface area contributed by atoms with Crippen LogP contribution < -0.4 is 4.74 Å². The van der Waals surface area contributed by atoms with Crippen LogP contribution in [-0.4, -0.2) is 48.0 Å². The normalized spacial score (nSPS) is 17.7. The van der Waals surface area contributed by atoms with Gasteiger partial charge in [0.05, 0.1) is 13.0 Å². The highest BCUT2D eigenvalue weighted by molar-refractivity contribution is 6.09. The van der Waals surface area contributed by atoms with E-state index in [0.29, 0.717) is 30.1 Å². The quantitative estimate of drug-likeness (QED) is 0.649. The molecule has 3 heterocycles. The Morgan fingerprint density at radius 3 is 2.63 bits per heavy atom. The molecule has 0 bridgehead atoms. The van der Waals surface area contributed by atoms with Gasteiger partial charge in [0.2, 0.25) is 5.78 Å². The summed E-state index contributed by atoms with van der Waals surface area (Å²) in [4.78, 5) is 26.0. The monoisotopic (exact) mass is 405 g/mol. The second-order valence-corrected chi connectivity index (χ2v) is 8.24. The number of nitrogens with zero attached hydrogens (tertiary/aromatic N) is 1. The molecule has 154 valence electrons. The molecule has 0 unspecified atom stereocenters. The van der Waals surface area contributed by atoms with E-state index in [1.807, 2.05) is 42.5 Å². The standard InChI is InChI=1S/C24H23NO5/c26-22(27)7-10-25-11-8-24(9-12-25)15-29-20-14-17(5-6-18(20)24)23(28)21-13-16-3-1-2-4-19(16)30-21/h1-6,13-14H,7-12,15H2,(H,26,27). The Balaban J connectivity index is 1.34. The maximum absolute atomic E-state index is 12.9. The average Bonchev–Trinajstić information content (AvgIpc) is 3.35. The number of hydrogen-bond donors (Lipinski definition) is 1. The Kier molecular flexibility index (Phi) is 4.59. The molecule has 2 aliphatic rings. The van der Waals surface area contributed by atoms with Crippen LogP contribution in [0.15, 0.2) is 52.9 Å². The highest BCUT2D eigenvalue weighted by Crippen LogP contribution is 2.46. The van der Waals surface area contributed by atoms with Crippen molar-refractivity contribution in [2.75, 3.05) is 26.2 Å². The summed E-state index contributed by atoms with van der Waals surface area (Å²) < 4.78 is 11.7. The Bertz CT molecular complexity index is 1090. The van der Waals surface area contributed by atoms with E-state index >= 15 is 0 Å². The zero-order valence-electron chi connectivity index (χ0n) is 16.6. The van der Waals surface area contributed by atoms with Crippen LogP contribution in [0.25, 0.3) is 11.0 Å². The maximum Gasteiger partial charge on any atom is 0.304 e. The summed E-state index contributed by atoms with van der Waals surface area (Å²) in [7, 11) is 0. The number of carboxylic acids is 1. The molecule has 0 atom stereocenters. The first-order valence-corrected chi connectivity index (χ1v) is 10.3. The van der Waals surface area contributed by atoms with Crippen molar-refractivity contribution in [3.05, 3.63) is 65.4 Å². The van der Waals surface area contributed by atoms with Crippen LogP contribution >= 0.6 is 0 Å². The molecule has 0 aliphatic carbocycles. The molecule has 0 amide bonds. The molecule has 1 N–H and O–H groups in total. The van der Waals surface area contributed by atoms with E-state index in [0.717, 1.165) is 42.6 Å². The summed E-state index contributed by atoms with van der Waals surface area (Å²) in [5, 5.41) is 9.80. The zero-order chi connectivity index (χ0) is 20.7. The molecule has 6 heteroatoms. The molecule has 0 saturated carbocycles. The first kappa shape index (κ1) is 18.9. The van der Waals surface area contributed by atoms with Crippen LogP contribution in [0, 0.1) is 0 Å². The van der Waals surface area contributed by atoms with Gasteiger partial charge in [0.15, 0.2) is 5.76 Å². The largest absolute Gasteiger partial charge is 0.492 e. The highest BCUT2D eigenvalue weighted by Gasteiger charge is 2.43. The van der Waals surface area contributed by atoms with Crippen LogP contribution in [0.1, 0.15) is 40.9 Å². The molecule has 1 fully saturated rings. The van der Waals surface area contributed by atoms with Gasteiger partial charge in [-0.15, -0.1) is 0 Å². The van der Waals surface area contributed by atoms with E-state index in [2.05, 4.69) is 4.90 Å². The van der Waals surface area contributed by atoms with E-state index in [9.17, 15) is 9.59 Å². The third-order valence-electron chi connectivity index (χ3n) is 6.42. The predicted molar refractivity (Wildman–Crippen MR) is 111 cm³/mol. The fraction of sp³-hybridized carbons (Fsp3) is 0.333. The van der Waals surface area contributed by atoms with Crippen LogP contribution in [0.2, 0.25) is 0 Å². The maximum atomic E-state index is 12.9. The summed E-state index contributed by atoms with van der Waals surface area (Å²) >= 11 is 0. The van der Waals surface area contributed by atoms with E-state index in [4.69, 9.17) is 14.3 Å². The molecular formula is C24H23NO5. The molecular weight excluding hydrogens is 382 g/mol. The first-order chi connectivity index (χ1) is 14.5. The van der Waals surface area contributed by atoms with E-state index in [1.165, 1.54) is 0 Å². The molecule has 3 aromatic rings. The lowest BCUT2D eigenvalue weighted by molar-refractivity contribution is -0.137. The highest BCUT2D eigenvalue weighted by atomic mass is 16.5. The third kappa shape index (κ3) is 3.27. The first-order valence-electron chi connectivity index (χ1n) is 10.3. The van der Waals surface area contributed by atoms with Crippen molar-refractivity contribution in [3.63, 3.8) is 0 Å². The number of furan rings is 1. The molecule has 1 saturated heterocycles. The number of ketones is 1. The molecule has 1 spiro atoms. The third-order valence-corrected chi connectivity index (χ3v) is 6.42. The van der Waals surface area contributed by atoms with Gasteiger partial charge >= 0.3 is 5.97 Å². The summed E-state index contributed by atoms with van der Waals surface area (Å²) in [6.07, 6.45) is 2.03. The molecule has 30 heavy (non-hydrogen) atoms. The van der Waals surface area contributed by atoms with Gasteiger partial charge in [0, 0.05) is 28.5 Å². The smallest absolute Gasteiger partial charge is 0.304 e. The molecule has 5 rings (SSSR count). The van der Waals surface area contributed by atoms with Crippen molar-refractivity contribution in [3.8, 4) is 5.75 Å². The number of likely N-dealkylation sites (tertiary alicyclic amines) is 1. The average molecular weight is 405 g/mol. The lowest BCUT2D eigenvalue weighted by Gasteiger charge is -2.38. The second kappa shape index (κ2) is 7.29. The minimum Gasteiger partial charge on any atom is -0.492 e. The van der Waals surface area contributed by atoms with Crippen LogP contribution in [0.3, 0.4) is 0 Å². The van der Waals surface area contributed by atoms with Crippen LogP contribution in [0.5, 0.6) is 5.75 Å². The van der Waals surface area contributed by atoms with Crippen molar-refractivity contribution < 1.29 is 23.8 Å². The van der Waals surface area contributed by atoms with Crippen molar-refractivity contribution >= 4 is 22.7 Å². The molecule has 2 aliphatic heterocycles. The minimum atomic E-state index is -0.758. The summed E-state index contributed by atoms with van der Waals surface area (Å²) in [6.45, 7) is 2.91. The van der Waals surface area contributed by atoms with Crippen LogP contribution in [-0.2, 0) is 10.2 Å². The number of para-hydroxylation sites is 1. The SMILES string of the molecule is O=C(O)CCN1CCC2(CC1)COc1cc(C(=O)c3cc4ccccc4o3)ccc12. The number of carbonyl (C=O) groups excluding carboxylic acids is 1. The molecule has 0 radical (unpaired) electrons. The van der Waals surface area contributed by atoms with Crippen LogP contribution in [0.4, 0.5) is 0 Å². The lowest BCUT2D eigenvalue weighted by Crippen LogP contribution is -2.44. The molecule has 6 nitrogen and oxygen atoms in total. The minimum absolute atomic E-state index is 0.0456. The van der Waals surface area contributed by atoms with Crippen molar-refractivity contribution in [1.82, 2.24) is 4.90 Å². The van der Waals surface area contributed by atoms with Gasteiger partial charge in [-0.25, -0.2) is 0 Å². The fourth-order valence-corrected chi connectivity index (χ4v) is 4.62. The number of hydrogen-bond acceptors (Lipinski definition) is 5. The number of piperidine rings is 1. The number of rotatable bonds is 5. The Morgan fingerprint density at radius 1 is 1.07 bits per heavy atom. The van der Waals surface area contributed by atoms with Gasteiger partial charge < -0.3 is 19.2 Å². The second-order valence-electron chi connectivity index (χ2n) is 8.24. The number of benzene rings is 2.